The first-order valence-electron chi connectivity index (χ1n) is 12.2. The van der Waals surface area contributed by atoms with Gasteiger partial charge in [0.15, 0.2) is 5.13 Å². The van der Waals surface area contributed by atoms with Gasteiger partial charge in [0.05, 0.1) is 4.88 Å². The molecule has 4 heterocycles. The molecule has 3 aromatic heterocycles. The summed E-state index contributed by atoms with van der Waals surface area (Å²) in [4.78, 5) is 45.1. The zero-order chi connectivity index (χ0) is 26.4. The van der Waals surface area contributed by atoms with Crippen molar-refractivity contribution in [3.63, 3.8) is 0 Å². The molecule has 3 aromatic rings. The third kappa shape index (κ3) is 7.35. The van der Waals surface area contributed by atoms with Crippen LogP contribution >= 0.6 is 11.3 Å². The van der Waals surface area contributed by atoms with Gasteiger partial charge in [-0.05, 0) is 58.2 Å². The fourth-order valence-electron chi connectivity index (χ4n) is 3.89. The number of carbonyl (C=O) groups excluding carboxylic acids is 2. The predicted molar refractivity (Wildman–Crippen MR) is 143 cm³/mol. The highest BCUT2D eigenvalue weighted by molar-refractivity contribution is 7.18. The summed E-state index contributed by atoms with van der Waals surface area (Å²) in [7, 11) is 0. The number of nitrogens with zero attached hydrogens (tertiary/aromatic N) is 5. The minimum absolute atomic E-state index is 0.180. The van der Waals surface area contributed by atoms with Crippen molar-refractivity contribution in [3.05, 3.63) is 42.6 Å². The number of nitrogens with one attached hydrogen (secondary N) is 3. The molecule has 1 atom stereocenters. The first-order valence-corrected chi connectivity index (χ1v) is 13.0. The zero-order valence-electron chi connectivity index (χ0n) is 21.4. The van der Waals surface area contributed by atoms with Gasteiger partial charge in [-0.3, -0.25) is 14.7 Å². The van der Waals surface area contributed by atoms with Gasteiger partial charge in [0.25, 0.3) is 0 Å². The highest BCUT2D eigenvalue weighted by Crippen LogP contribution is 2.30. The van der Waals surface area contributed by atoms with Crippen molar-refractivity contribution in [2.24, 2.45) is 0 Å². The molecule has 0 unspecified atom stereocenters. The highest BCUT2D eigenvalue weighted by atomic mass is 32.1. The summed E-state index contributed by atoms with van der Waals surface area (Å²) in [5.74, 6) is 1.67. The van der Waals surface area contributed by atoms with Crippen molar-refractivity contribution in [3.8, 4) is 10.4 Å². The van der Waals surface area contributed by atoms with Crippen LogP contribution in [0, 0.1) is 6.92 Å². The van der Waals surface area contributed by atoms with Crippen LogP contribution in [0.5, 0.6) is 0 Å². The third-order valence-corrected chi connectivity index (χ3v) is 6.42. The predicted octanol–water partition coefficient (Wildman–Crippen LogP) is 3.97. The summed E-state index contributed by atoms with van der Waals surface area (Å²) >= 11 is 1.52. The minimum Gasteiger partial charge on any atom is -0.444 e. The maximum Gasteiger partial charge on any atom is 0.410 e. The number of pyridine rings is 1. The molecule has 11 nitrogen and oxygen atoms in total. The smallest absolute Gasteiger partial charge is 0.410 e. The van der Waals surface area contributed by atoms with E-state index in [0.29, 0.717) is 48.6 Å². The molecule has 0 aromatic carbocycles. The lowest BCUT2D eigenvalue weighted by Crippen LogP contribution is -2.48. The lowest BCUT2D eigenvalue weighted by molar-refractivity contribution is -0.125. The van der Waals surface area contributed by atoms with E-state index in [1.807, 2.05) is 46.0 Å². The summed E-state index contributed by atoms with van der Waals surface area (Å²) in [5, 5.41) is 10.1. The molecule has 0 spiro atoms. The number of rotatable bonds is 8. The number of hydrogen-bond acceptors (Lipinski definition) is 10. The summed E-state index contributed by atoms with van der Waals surface area (Å²) < 4.78 is 5.44. The highest BCUT2D eigenvalue weighted by Gasteiger charge is 2.36. The van der Waals surface area contributed by atoms with Crippen LogP contribution in [-0.4, -0.2) is 68.1 Å². The van der Waals surface area contributed by atoms with E-state index in [1.165, 1.54) is 16.2 Å². The normalized spacial score (nSPS) is 15.4. The molecule has 1 aliphatic rings. The molecule has 0 aliphatic carbocycles. The number of ether oxygens (including phenoxy) is 1. The van der Waals surface area contributed by atoms with E-state index >= 15 is 0 Å². The van der Waals surface area contributed by atoms with E-state index in [2.05, 4.69) is 35.9 Å². The minimum atomic E-state index is -0.602. The van der Waals surface area contributed by atoms with Gasteiger partial charge in [-0.15, -0.1) is 0 Å². The van der Waals surface area contributed by atoms with Crippen molar-refractivity contribution < 1.29 is 14.3 Å². The number of likely N-dealkylation sites (tertiary alicyclic amines) is 1. The lowest BCUT2D eigenvalue weighted by atomic mass is 10.2. The Morgan fingerprint density at radius 3 is 2.68 bits per heavy atom. The number of anilines is 3. The number of hydrogen-bond donors (Lipinski definition) is 3. The third-order valence-electron chi connectivity index (χ3n) is 5.46. The monoisotopic (exact) mass is 524 g/mol. The van der Waals surface area contributed by atoms with Crippen molar-refractivity contribution in [1.82, 2.24) is 30.2 Å². The van der Waals surface area contributed by atoms with Crippen LogP contribution in [-0.2, 0) is 9.53 Å². The second kappa shape index (κ2) is 11.5. The molecule has 0 saturated carbocycles. The van der Waals surface area contributed by atoms with Crippen LogP contribution in [0.15, 0.2) is 36.8 Å². The molecular formula is C25H32N8O3S. The Morgan fingerprint density at radius 2 is 1.92 bits per heavy atom. The number of aromatic nitrogens is 4. The van der Waals surface area contributed by atoms with E-state index in [-0.39, 0.29) is 5.91 Å². The maximum atomic E-state index is 12.7. The molecule has 3 N–H and O–H groups in total. The van der Waals surface area contributed by atoms with Crippen LogP contribution in [0.2, 0.25) is 0 Å². The van der Waals surface area contributed by atoms with Crippen molar-refractivity contribution >= 4 is 40.1 Å². The summed E-state index contributed by atoms with van der Waals surface area (Å²) in [5.41, 5.74) is 0.450. The van der Waals surface area contributed by atoms with Gasteiger partial charge in [0, 0.05) is 44.3 Å². The van der Waals surface area contributed by atoms with Crippen LogP contribution < -0.4 is 16.0 Å². The molecule has 12 heteroatoms. The molecule has 196 valence electrons. The Labute approximate surface area is 220 Å². The number of carbonyl (C=O) groups is 2. The average molecular weight is 525 g/mol. The number of amides is 2. The van der Waals surface area contributed by atoms with E-state index < -0.39 is 17.7 Å². The van der Waals surface area contributed by atoms with Crippen molar-refractivity contribution in [2.75, 3.05) is 30.3 Å². The fourth-order valence-corrected chi connectivity index (χ4v) is 4.71. The van der Waals surface area contributed by atoms with Crippen molar-refractivity contribution in [1.29, 1.82) is 0 Å². The molecule has 2 amide bonds. The van der Waals surface area contributed by atoms with Gasteiger partial charge in [-0.2, -0.15) is 0 Å². The van der Waals surface area contributed by atoms with E-state index in [9.17, 15) is 9.59 Å². The quantitative estimate of drug-likeness (QED) is 0.374. The first kappa shape index (κ1) is 26.3. The fraction of sp³-hybridized carbons (Fsp3) is 0.440. The molecule has 37 heavy (non-hydrogen) atoms. The summed E-state index contributed by atoms with van der Waals surface area (Å²) in [6, 6.07) is 5.16. The summed E-state index contributed by atoms with van der Waals surface area (Å²) in [6.45, 7) is 8.62. The Bertz CT molecular complexity index is 1230. The van der Waals surface area contributed by atoms with E-state index in [1.54, 1.807) is 18.5 Å². The average Bonchev–Trinajstić information content (AvgIpc) is 3.51. The lowest BCUT2D eigenvalue weighted by Gasteiger charge is -2.28. The standard InChI is InChI=1S/C25H32N8O3S/c1-16-30-20(14-21(31-16)32-23-29-15-19(37-23)17-7-9-26-10-8-17)27-11-12-28-22(34)18-6-5-13-33(18)24(35)36-25(2,3)4/h7-10,14-15,18H,5-6,11-13H2,1-4H3,(H,28,34)(H2,27,29,30,31,32)/t18-/m0/s1. The van der Waals surface area contributed by atoms with E-state index in [4.69, 9.17) is 4.74 Å². The number of thiazole rings is 1. The van der Waals surface area contributed by atoms with Gasteiger partial charge in [-0.1, -0.05) is 11.3 Å². The Hall–Kier alpha value is -3.80. The second-order valence-electron chi connectivity index (χ2n) is 9.63. The zero-order valence-corrected chi connectivity index (χ0v) is 22.3. The van der Waals surface area contributed by atoms with Gasteiger partial charge in [-0.25, -0.2) is 19.7 Å². The number of aryl methyl sites for hydroxylation is 1. The topological polar surface area (TPSA) is 134 Å². The molecule has 1 fully saturated rings. The van der Waals surface area contributed by atoms with Gasteiger partial charge < -0.3 is 20.7 Å². The molecule has 4 rings (SSSR count). The Kier molecular flexibility index (Phi) is 8.17. The molecule has 1 saturated heterocycles. The SMILES string of the molecule is Cc1nc(NCCNC(=O)[C@@H]2CCCN2C(=O)OC(C)(C)C)cc(Nc2ncc(-c3ccncc3)s2)n1. The van der Waals surface area contributed by atoms with Crippen LogP contribution in [0.25, 0.3) is 10.4 Å². The van der Waals surface area contributed by atoms with Gasteiger partial charge in [0.1, 0.15) is 29.1 Å². The molecule has 0 bridgehead atoms. The molecular weight excluding hydrogens is 492 g/mol. The second-order valence-corrected chi connectivity index (χ2v) is 10.7. The molecule has 0 radical (unpaired) electrons. The Morgan fingerprint density at radius 1 is 1.16 bits per heavy atom. The Balaban J connectivity index is 1.28. The van der Waals surface area contributed by atoms with Gasteiger partial charge in [0.2, 0.25) is 5.91 Å². The van der Waals surface area contributed by atoms with Crippen LogP contribution in [0.3, 0.4) is 0 Å². The van der Waals surface area contributed by atoms with E-state index in [0.717, 1.165) is 16.9 Å². The van der Waals surface area contributed by atoms with Crippen LogP contribution in [0.4, 0.5) is 21.6 Å². The largest absolute Gasteiger partial charge is 0.444 e. The van der Waals surface area contributed by atoms with Crippen LogP contribution in [0.1, 0.15) is 39.4 Å². The van der Waals surface area contributed by atoms with Crippen molar-refractivity contribution in [2.45, 2.75) is 52.2 Å². The summed E-state index contributed by atoms with van der Waals surface area (Å²) in [6.07, 6.45) is 6.26. The first-order chi connectivity index (χ1) is 17.7. The van der Waals surface area contributed by atoms with Gasteiger partial charge >= 0.3 is 6.09 Å². The molecule has 1 aliphatic heterocycles. The maximum absolute atomic E-state index is 12.7.